The van der Waals surface area contributed by atoms with Crippen molar-refractivity contribution in [1.82, 2.24) is 0 Å². The van der Waals surface area contributed by atoms with E-state index >= 15 is 0 Å². The number of quaternary nitrogens is 1. The number of unbranched alkanes of at least 4 members (excludes halogenated alkanes) is 1. The molecule has 0 aromatic heterocycles. The Kier molecular flexibility index (Phi) is 6.90. The van der Waals surface area contributed by atoms with Crippen LogP contribution in [0.25, 0.3) is 0 Å². The minimum atomic E-state index is -6.26. The number of nitrogens with zero attached hydrogens (tertiary/aromatic N) is 1. The van der Waals surface area contributed by atoms with Crippen LogP contribution in [0.3, 0.4) is 0 Å². The van der Waals surface area contributed by atoms with Crippen molar-refractivity contribution in [2.75, 3.05) is 32.1 Å². The van der Waals surface area contributed by atoms with Crippen LogP contribution < -0.4 is 0 Å². The Morgan fingerprint density at radius 2 is 1.30 bits per heavy atom. The van der Waals surface area contributed by atoms with Gasteiger partial charge in [-0.25, -0.2) is 12.8 Å². The zero-order valence-electron chi connectivity index (χ0n) is 12.5. The predicted octanol–water partition coefficient (Wildman–Crippen LogP) is 2.98. The summed E-state index contributed by atoms with van der Waals surface area (Å²) in [5.41, 5.74) is -5.57. The molecule has 0 aromatic carbocycles. The fraction of sp³-hybridized carbons (Fsp3) is 1.00. The van der Waals surface area contributed by atoms with E-state index in [1.165, 1.54) is 14.1 Å². The van der Waals surface area contributed by atoms with Gasteiger partial charge in [-0.3, -0.25) is 0 Å². The highest BCUT2D eigenvalue weighted by Gasteiger charge is 2.72. The minimum absolute atomic E-state index is 0.0354. The lowest BCUT2D eigenvalue weighted by Gasteiger charge is -2.33. The maximum atomic E-state index is 13.3. The lowest BCUT2D eigenvalue weighted by molar-refractivity contribution is -0.840. The Bertz CT molecular complexity index is 465. The summed E-state index contributed by atoms with van der Waals surface area (Å²) in [6.45, 7) is 0.0354. The molecule has 0 bridgehead atoms. The zero-order valence-corrected chi connectivity index (χ0v) is 13.3. The maximum Gasteiger partial charge on any atom is 0.431 e. The molecule has 0 atom stereocenters. The topological polar surface area (TPSA) is 57.2 Å². The molecule has 4 nitrogen and oxygen atoms in total. The molecule has 0 fully saturated rings. The van der Waals surface area contributed by atoms with Crippen molar-refractivity contribution < 1.29 is 43.8 Å². The second kappa shape index (κ2) is 7.09. The van der Waals surface area contributed by atoms with Crippen molar-refractivity contribution >= 4 is 9.84 Å². The van der Waals surface area contributed by atoms with Gasteiger partial charge in [-0.2, -0.15) is 26.3 Å². The highest BCUT2D eigenvalue weighted by Crippen LogP contribution is 2.48. The Hall–Kier alpha value is -0.620. The highest BCUT2D eigenvalue weighted by atomic mass is 32.2. The van der Waals surface area contributed by atoms with Gasteiger partial charge in [0.1, 0.15) is 9.84 Å². The average Bonchev–Trinajstić information content (AvgIpc) is 2.28. The van der Waals surface area contributed by atoms with Crippen LogP contribution in [-0.4, -0.2) is 63.2 Å². The molecule has 0 aliphatic rings. The molecular formula is C11H18F7NO3S. The van der Waals surface area contributed by atoms with Gasteiger partial charge in [0.15, 0.2) is 0 Å². The molecule has 23 heavy (non-hydrogen) atoms. The first-order valence-electron chi connectivity index (χ1n) is 6.48. The summed E-state index contributed by atoms with van der Waals surface area (Å²) in [4.78, 5) is 0. The lowest BCUT2D eigenvalue weighted by atomic mass is 10.0. The SMILES string of the molecule is C[N+](C)([O-])CCCCS(=O)(=O)CCC(F)(C(F)(F)F)C(F)(F)F. The van der Waals surface area contributed by atoms with Crippen LogP contribution in [0.2, 0.25) is 0 Å². The quantitative estimate of drug-likeness (QED) is 0.283. The molecule has 0 aliphatic heterocycles. The standard InChI is InChI=1S/C11H18F7NO3S/c1-19(2,20)6-3-4-7-23(21,22)8-5-9(12,10(13,14)15)11(16,17)18/h3-8H2,1-2H3. The van der Waals surface area contributed by atoms with E-state index in [1.54, 1.807) is 0 Å². The van der Waals surface area contributed by atoms with Gasteiger partial charge in [-0.1, -0.05) is 0 Å². The number of hydrogen-bond donors (Lipinski definition) is 0. The second-order valence-corrected chi connectivity index (χ2v) is 8.01. The molecule has 0 heterocycles. The monoisotopic (exact) mass is 377 g/mol. The van der Waals surface area contributed by atoms with E-state index in [0.29, 0.717) is 0 Å². The van der Waals surface area contributed by atoms with Gasteiger partial charge in [0.05, 0.1) is 32.1 Å². The van der Waals surface area contributed by atoms with Crippen LogP contribution in [0.4, 0.5) is 30.7 Å². The Morgan fingerprint density at radius 3 is 1.65 bits per heavy atom. The van der Waals surface area contributed by atoms with E-state index in [9.17, 15) is 44.4 Å². The molecule has 0 N–H and O–H groups in total. The van der Waals surface area contributed by atoms with Crippen LogP contribution in [0.5, 0.6) is 0 Å². The van der Waals surface area contributed by atoms with Crippen molar-refractivity contribution in [3.05, 3.63) is 5.21 Å². The van der Waals surface area contributed by atoms with Crippen molar-refractivity contribution in [3.63, 3.8) is 0 Å². The summed E-state index contributed by atoms with van der Waals surface area (Å²) in [6.07, 6.45) is -14.8. The van der Waals surface area contributed by atoms with Gasteiger partial charge in [-0.05, 0) is 12.8 Å². The van der Waals surface area contributed by atoms with Crippen molar-refractivity contribution in [2.45, 2.75) is 37.3 Å². The van der Waals surface area contributed by atoms with Gasteiger partial charge in [0.2, 0.25) is 0 Å². The molecule has 0 aliphatic carbocycles. The molecule has 0 amide bonds. The van der Waals surface area contributed by atoms with E-state index in [0.717, 1.165) is 0 Å². The normalized spacial score (nSPS) is 15.0. The van der Waals surface area contributed by atoms with E-state index < -0.39 is 50.4 Å². The first kappa shape index (κ1) is 22.4. The van der Waals surface area contributed by atoms with Crippen LogP contribution in [0.15, 0.2) is 0 Å². The fourth-order valence-corrected chi connectivity index (χ4v) is 3.10. The number of hydrogen-bond acceptors (Lipinski definition) is 3. The summed E-state index contributed by atoms with van der Waals surface area (Å²) < 4.78 is 109. The molecule has 140 valence electrons. The molecule has 12 heteroatoms. The Labute approximate surface area is 129 Å². The molecule has 0 aromatic rings. The number of alkyl halides is 7. The smallest absolute Gasteiger partial charge is 0.431 e. The largest absolute Gasteiger partial charge is 0.633 e. The Morgan fingerprint density at radius 1 is 0.870 bits per heavy atom. The third kappa shape index (κ3) is 7.21. The van der Waals surface area contributed by atoms with E-state index in [4.69, 9.17) is 0 Å². The summed E-state index contributed by atoms with van der Waals surface area (Å²) >= 11 is 0. The summed E-state index contributed by atoms with van der Waals surface area (Å²) in [5.74, 6) is -2.29. The second-order valence-electron chi connectivity index (χ2n) is 5.70. The third-order valence-electron chi connectivity index (χ3n) is 3.06. The lowest BCUT2D eigenvalue weighted by Crippen LogP contribution is -2.54. The van der Waals surface area contributed by atoms with E-state index in [2.05, 4.69) is 0 Å². The molecule has 0 radical (unpaired) electrons. The van der Waals surface area contributed by atoms with Crippen molar-refractivity contribution in [2.24, 2.45) is 0 Å². The predicted molar refractivity (Wildman–Crippen MR) is 68.8 cm³/mol. The van der Waals surface area contributed by atoms with Gasteiger partial charge < -0.3 is 9.85 Å². The Balaban J connectivity index is 4.73. The van der Waals surface area contributed by atoms with Gasteiger partial charge in [-0.15, -0.1) is 0 Å². The van der Waals surface area contributed by atoms with Crippen LogP contribution in [0.1, 0.15) is 19.3 Å². The molecule has 0 rings (SSSR count). The van der Waals surface area contributed by atoms with Crippen LogP contribution in [-0.2, 0) is 9.84 Å². The number of halogens is 7. The van der Waals surface area contributed by atoms with E-state index in [-0.39, 0.29) is 19.4 Å². The van der Waals surface area contributed by atoms with Crippen molar-refractivity contribution in [3.8, 4) is 0 Å². The first-order valence-corrected chi connectivity index (χ1v) is 8.30. The third-order valence-corrected chi connectivity index (χ3v) is 4.79. The summed E-state index contributed by atoms with van der Waals surface area (Å²) in [6, 6.07) is 0. The number of hydroxylamine groups is 3. The molecule has 0 unspecified atom stereocenters. The molecule has 0 spiro atoms. The fourth-order valence-electron chi connectivity index (χ4n) is 1.66. The van der Waals surface area contributed by atoms with Crippen LogP contribution >= 0.6 is 0 Å². The highest BCUT2D eigenvalue weighted by molar-refractivity contribution is 7.91. The average molecular weight is 377 g/mol. The van der Waals surface area contributed by atoms with Gasteiger partial charge >= 0.3 is 12.4 Å². The van der Waals surface area contributed by atoms with Crippen LogP contribution in [0, 0.1) is 5.21 Å². The number of sulfone groups is 1. The summed E-state index contributed by atoms with van der Waals surface area (Å²) in [5, 5.41) is 11.2. The molecular weight excluding hydrogens is 359 g/mol. The minimum Gasteiger partial charge on any atom is -0.633 e. The molecule has 0 saturated carbocycles. The first-order chi connectivity index (χ1) is 9.91. The number of rotatable bonds is 8. The summed E-state index contributed by atoms with van der Waals surface area (Å²) in [7, 11) is -1.72. The molecule has 0 saturated heterocycles. The van der Waals surface area contributed by atoms with Gasteiger partial charge in [0, 0.05) is 6.42 Å². The van der Waals surface area contributed by atoms with E-state index in [1.807, 2.05) is 0 Å². The maximum absolute atomic E-state index is 13.3. The van der Waals surface area contributed by atoms with Crippen molar-refractivity contribution in [1.29, 1.82) is 0 Å². The van der Waals surface area contributed by atoms with Gasteiger partial charge in [0.25, 0.3) is 5.67 Å². The zero-order chi connectivity index (χ0) is 18.7.